The maximum atomic E-state index is 13.0. The van der Waals surface area contributed by atoms with Crippen LogP contribution in [0.1, 0.15) is 23.1 Å². The number of carbonyl (C=O) groups is 1. The summed E-state index contributed by atoms with van der Waals surface area (Å²) in [5, 5.41) is 4.43. The fourth-order valence-electron chi connectivity index (χ4n) is 3.75. The van der Waals surface area contributed by atoms with E-state index < -0.39 is 0 Å². The first-order chi connectivity index (χ1) is 13.0. The van der Waals surface area contributed by atoms with E-state index in [-0.39, 0.29) is 17.2 Å². The van der Waals surface area contributed by atoms with E-state index in [2.05, 4.69) is 5.32 Å². The van der Waals surface area contributed by atoms with E-state index in [1.807, 2.05) is 79.7 Å². The van der Waals surface area contributed by atoms with Gasteiger partial charge in [-0.25, -0.2) is 0 Å². The fourth-order valence-corrected chi connectivity index (χ4v) is 4.00. The summed E-state index contributed by atoms with van der Waals surface area (Å²) >= 11 is 12.1. The van der Waals surface area contributed by atoms with Crippen LogP contribution >= 0.6 is 23.2 Å². The predicted molar refractivity (Wildman–Crippen MR) is 112 cm³/mol. The molecule has 1 atom stereocenters. The van der Waals surface area contributed by atoms with Crippen molar-refractivity contribution in [2.24, 2.45) is 5.92 Å². The first-order valence-electron chi connectivity index (χ1n) is 8.89. The van der Waals surface area contributed by atoms with Crippen LogP contribution in [0, 0.1) is 12.8 Å². The van der Waals surface area contributed by atoms with Crippen LogP contribution < -0.4 is 5.32 Å². The number of rotatable bonds is 4. The molecule has 1 aliphatic rings. The minimum Gasteiger partial charge on any atom is -0.326 e. The number of halogens is 2. The largest absolute Gasteiger partial charge is 0.326 e. The summed E-state index contributed by atoms with van der Waals surface area (Å²) in [5.74, 6) is -0.107. The molecule has 0 radical (unpaired) electrons. The summed E-state index contributed by atoms with van der Waals surface area (Å²) in [6.07, 6.45) is 0.758. The van der Waals surface area contributed by atoms with E-state index in [1.54, 1.807) is 0 Å². The van der Waals surface area contributed by atoms with Gasteiger partial charge in [0, 0.05) is 21.1 Å². The van der Waals surface area contributed by atoms with Crippen molar-refractivity contribution in [3.63, 3.8) is 0 Å². The lowest BCUT2D eigenvalue weighted by molar-refractivity contribution is -0.117. The maximum absolute atomic E-state index is 13.0. The summed E-state index contributed by atoms with van der Waals surface area (Å²) < 4.78 is 0. The monoisotopic (exact) mass is 395 g/mol. The van der Waals surface area contributed by atoms with Crippen molar-refractivity contribution in [1.29, 1.82) is 0 Å². The number of benzene rings is 3. The number of anilines is 1. The molecule has 0 heterocycles. The highest BCUT2D eigenvalue weighted by Gasteiger charge is 2.60. The molecule has 1 aliphatic carbocycles. The van der Waals surface area contributed by atoms with Gasteiger partial charge in [-0.15, -0.1) is 0 Å². The summed E-state index contributed by atoms with van der Waals surface area (Å²) in [6, 6.07) is 23.4. The van der Waals surface area contributed by atoms with Crippen molar-refractivity contribution in [2.75, 3.05) is 5.32 Å². The molecule has 27 heavy (non-hydrogen) atoms. The van der Waals surface area contributed by atoms with Crippen LogP contribution in [0.4, 0.5) is 5.69 Å². The van der Waals surface area contributed by atoms with Crippen molar-refractivity contribution in [3.05, 3.63) is 99.5 Å². The molecular weight excluding hydrogens is 377 g/mol. The van der Waals surface area contributed by atoms with Gasteiger partial charge >= 0.3 is 0 Å². The topological polar surface area (TPSA) is 29.1 Å². The molecule has 4 rings (SSSR count). The zero-order valence-corrected chi connectivity index (χ0v) is 16.4. The normalized spacial score (nSPS) is 17.4. The van der Waals surface area contributed by atoms with E-state index in [4.69, 9.17) is 23.2 Å². The van der Waals surface area contributed by atoms with Crippen LogP contribution in [0.3, 0.4) is 0 Å². The third-order valence-electron chi connectivity index (χ3n) is 5.32. The molecule has 0 bridgehead atoms. The number of aryl methyl sites for hydroxylation is 1. The molecule has 0 aliphatic heterocycles. The quantitative estimate of drug-likeness (QED) is 0.555. The molecule has 1 fully saturated rings. The van der Waals surface area contributed by atoms with Crippen LogP contribution in [-0.2, 0) is 10.2 Å². The highest BCUT2D eigenvalue weighted by Crippen LogP contribution is 2.59. The first-order valence-corrected chi connectivity index (χ1v) is 9.64. The van der Waals surface area contributed by atoms with Gasteiger partial charge in [0.1, 0.15) is 0 Å². The van der Waals surface area contributed by atoms with Gasteiger partial charge in [0.15, 0.2) is 0 Å². The van der Waals surface area contributed by atoms with Gasteiger partial charge in [-0.05, 0) is 60.9 Å². The van der Waals surface area contributed by atoms with Gasteiger partial charge in [-0.1, -0.05) is 65.2 Å². The summed E-state index contributed by atoms with van der Waals surface area (Å²) in [7, 11) is 0. The molecule has 0 spiro atoms. The van der Waals surface area contributed by atoms with Crippen molar-refractivity contribution in [1.82, 2.24) is 0 Å². The minimum atomic E-state index is -0.343. The molecule has 1 saturated carbocycles. The average Bonchev–Trinajstić information content (AvgIpc) is 3.42. The zero-order valence-electron chi connectivity index (χ0n) is 14.9. The minimum absolute atomic E-state index is 0.0313. The third-order valence-corrected chi connectivity index (χ3v) is 5.82. The highest BCUT2D eigenvalue weighted by atomic mass is 35.5. The van der Waals surface area contributed by atoms with E-state index in [1.165, 1.54) is 0 Å². The van der Waals surface area contributed by atoms with Gasteiger partial charge < -0.3 is 5.32 Å². The number of amides is 1. The molecule has 1 N–H and O–H groups in total. The average molecular weight is 396 g/mol. The summed E-state index contributed by atoms with van der Waals surface area (Å²) in [6.45, 7) is 2.03. The lowest BCUT2D eigenvalue weighted by Gasteiger charge is -2.19. The second kappa shape index (κ2) is 7.03. The Hall–Kier alpha value is -2.29. The maximum Gasteiger partial charge on any atom is 0.228 e. The SMILES string of the molecule is Cc1ccc(NC(=O)C2CC2(c2ccc(Cl)cc2)c2ccc(Cl)cc2)cc1. The zero-order chi connectivity index (χ0) is 19.0. The molecular formula is C23H19Cl2NO. The van der Waals surface area contributed by atoms with Gasteiger partial charge in [0.05, 0.1) is 5.92 Å². The van der Waals surface area contributed by atoms with Crippen molar-refractivity contribution in [3.8, 4) is 0 Å². The molecule has 0 saturated heterocycles. The number of hydrogen-bond donors (Lipinski definition) is 1. The van der Waals surface area contributed by atoms with Crippen LogP contribution in [-0.4, -0.2) is 5.91 Å². The van der Waals surface area contributed by atoms with Gasteiger partial charge in [-0.2, -0.15) is 0 Å². The van der Waals surface area contributed by atoms with Crippen LogP contribution in [0.25, 0.3) is 0 Å². The Morgan fingerprint density at radius 2 is 1.33 bits per heavy atom. The van der Waals surface area contributed by atoms with Gasteiger partial charge in [-0.3, -0.25) is 4.79 Å². The van der Waals surface area contributed by atoms with E-state index in [0.29, 0.717) is 10.0 Å². The Labute approximate surface area is 169 Å². The summed E-state index contributed by atoms with van der Waals surface area (Å²) in [4.78, 5) is 13.0. The van der Waals surface area contributed by atoms with E-state index in [9.17, 15) is 4.79 Å². The van der Waals surface area contributed by atoms with Crippen molar-refractivity contribution < 1.29 is 4.79 Å². The van der Waals surface area contributed by atoms with E-state index >= 15 is 0 Å². The number of nitrogens with one attached hydrogen (secondary N) is 1. The van der Waals surface area contributed by atoms with Crippen molar-refractivity contribution >= 4 is 34.8 Å². The van der Waals surface area contributed by atoms with Gasteiger partial charge in [0.25, 0.3) is 0 Å². The first kappa shape index (κ1) is 18.1. The highest BCUT2D eigenvalue weighted by molar-refractivity contribution is 6.30. The van der Waals surface area contributed by atoms with Crippen LogP contribution in [0.15, 0.2) is 72.8 Å². The lowest BCUT2D eigenvalue weighted by atomic mass is 9.85. The molecule has 1 unspecified atom stereocenters. The second-order valence-electron chi connectivity index (χ2n) is 7.10. The fraction of sp³-hybridized carbons (Fsp3) is 0.174. The lowest BCUT2D eigenvalue weighted by Crippen LogP contribution is -2.22. The summed E-state index contributed by atoms with van der Waals surface area (Å²) in [5.41, 5.74) is 3.83. The Bertz CT molecular complexity index is 917. The van der Waals surface area contributed by atoms with Gasteiger partial charge in [0.2, 0.25) is 5.91 Å². The van der Waals surface area contributed by atoms with Crippen molar-refractivity contribution in [2.45, 2.75) is 18.8 Å². The molecule has 3 aromatic carbocycles. The second-order valence-corrected chi connectivity index (χ2v) is 7.97. The Morgan fingerprint density at radius 1 is 0.852 bits per heavy atom. The Morgan fingerprint density at radius 3 is 1.81 bits per heavy atom. The Balaban J connectivity index is 1.66. The van der Waals surface area contributed by atoms with E-state index in [0.717, 1.165) is 28.8 Å². The molecule has 2 nitrogen and oxygen atoms in total. The number of hydrogen-bond acceptors (Lipinski definition) is 1. The molecule has 0 aromatic heterocycles. The molecule has 3 aromatic rings. The Kier molecular flexibility index (Phi) is 4.71. The van der Waals surface area contributed by atoms with Crippen LogP contribution in [0.5, 0.6) is 0 Å². The molecule has 136 valence electrons. The predicted octanol–water partition coefficient (Wildman–Crippen LogP) is 6.25. The number of carbonyl (C=O) groups excluding carboxylic acids is 1. The standard InChI is InChI=1S/C23H19Cl2NO/c1-15-2-12-20(13-3-15)26-22(27)21-14-23(21,16-4-8-18(24)9-5-16)17-6-10-19(25)11-7-17/h2-13,21H,14H2,1H3,(H,26,27). The molecule has 1 amide bonds. The smallest absolute Gasteiger partial charge is 0.228 e. The van der Waals surface area contributed by atoms with Crippen LogP contribution in [0.2, 0.25) is 10.0 Å². The molecule has 4 heteroatoms. The third kappa shape index (κ3) is 3.47.